The zero-order chi connectivity index (χ0) is 10.9. The van der Waals surface area contributed by atoms with Crippen LogP contribution in [0.1, 0.15) is 45.4 Å². The standard InChI is InChI=1S/C11H23NS2/c1-4-5-6-7-8-9-10-14(2,3)13-11-12/h4-10H2,1-3H3. The van der Waals surface area contributed by atoms with E-state index in [-0.39, 0.29) is 0 Å². The second-order valence-electron chi connectivity index (χ2n) is 4.08. The summed E-state index contributed by atoms with van der Waals surface area (Å²) in [7, 11) is 0.822. The molecule has 0 aromatic carbocycles. The van der Waals surface area contributed by atoms with Crippen molar-refractivity contribution in [3.05, 3.63) is 0 Å². The smallest absolute Gasteiger partial charge is 0.143 e. The Morgan fingerprint density at radius 3 is 2.21 bits per heavy atom. The summed E-state index contributed by atoms with van der Waals surface area (Å²) >= 11 is 0. The minimum Gasteiger partial charge on any atom is -0.185 e. The number of thiocyanates is 1. The van der Waals surface area contributed by atoms with Crippen LogP contribution in [-0.4, -0.2) is 18.3 Å². The van der Waals surface area contributed by atoms with E-state index in [1.807, 2.05) is 0 Å². The highest BCUT2D eigenvalue weighted by atomic mass is 33.2. The molecule has 3 heteroatoms. The fraction of sp³-hybridized carbons (Fsp3) is 0.909. The van der Waals surface area contributed by atoms with Crippen LogP contribution in [0, 0.1) is 10.7 Å². The topological polar surface area (TPSA) is 23.8 Å². The van der Waals surface area contributed by atoms with Crippen molar-refractivity contribution in [3.8, 4) is 5.40 Å². The minimum atomic E-state index is -0.669. The molecule has 0 saturated heterocycles. The molecular weight excluding hydrogens is 210 g/mol. The molecule has 0 aromatic rings. The van der Waals surface area contributed by atoms with E-state index in [0.717, 1.165) is 0 Å². The molecule has 0 rings (SSSR count). The molecule has 1 nitrogen and oxygen atoms in total. The Bertz CT molecular complexity index is 173. The molecule has 0 fully saturated rings. The Morgan fingerprint density at radius 1 is 1.07 bits per heavy atom. The average molecular weight is 233 g/mol. The summed E-state index contributed by atoms with van der Waals surface area (Å²) < 4.78 is 0. The van der Waals surface area contributed by atoms with Crippen LogP contribution in [0.4, 0.5) is 0 Å². The van der Waals surface area contributed by atoms with Gasteiger partial charge in [-0.15, -0.1) is 0 Å². The van der Waals surface area contributed by atoms with Gasteiger partial charge in [0.15, 0.2) is 0 Å². The van der Waals surface area contributed by atoms with Crippen molar-refractivity contribution in [3.63, 3.8) is 0 Å². The van der Waals surface area contributed by atoms with Gasteiger partial charge in [0.25, 0.3) is 0 Å². The van der Waals surface area contributed by atoms with E-state index < -0.39 is 9.06 Å². The average Bonchev–Trinajstić information content (AvgIpc) is 2.11. The van der Waals surface area contributed by atoms with Gasteiger partial charge in [-0.05, 0) is 24.7 Å². The Balaban J connectivity index is 3.31. The fourth-order valence-electron chi connectivity index (χ4n) is 1.37. The van der Waals surface area contributed by atoms with Gasteiger partial charge < -0.3 is 0 Å². The van der Waals surface area contributed by atoms with Gasteiger partial charge in [0.05, 0.1) is 0 Å². The predicted octanol–water partition coefficient (Wildman–Crippen LogP) is 4.54. The molecule has 0 spiro atoms. The lowest BCUT2D eigenvalue weighted by Gasteiger charge is -2.25. The van der Waals surface area contributed by atoms with E-state index in [9.17, 15) is 0 Å². The van der Waals surface area contributed by atoms with Gasteiger partial charge in [-0.25, -0.2) is 0 Å². The summed E-state index contributed by atoms with van der Waals surface area (Å²) in [5.74, 6) is 1.25. The zero-order valence-electron chi connectivity index (χ0n) is 9.71. The van der Waals surface area contributed by atoms with Crippen molar-refractivity contribution in [1.82, 2.24) is 0 Å². The minimum absolute atomic E-state index is 0.669. The number of unbranched alkanes of at least 4 members (excludes halogenated alkanes) is 5. The number of nitrogens with zero attached hydrogens (tertiary/aromatic N) is 1. The van der Waals surface area contributed by atoms with Crippen molar-refractivity contribution in [1.29, 1.82) is 5.26 Å². The normalized spacial score (nSPS) is 12.4. The second kappa shape index (κ2) is 8.49. The van der Waals surface area contributed by atoms with E-state index in [4.69, 9.17) is 5.26 Å². The van der Waals surface area contributed by atoms with Gasteiger partial charge in [-0.1, -0.05) is 39.0 Å². The second-order valence-corrected chi connectivity index (χ2v) is 10.9. The highest BCUT2D eigenvalue weighted by Gasteiger charge is 2.11. The number of nitriles is 1. The summed E-state index contributed by atoms with van der Waals surface area (Å²) in [5.41, 5.74) is 0. The van der Waals surface area contributed by atoms with Gasteiger partial charge in [0, 0.05) is 10.8 Å². The van der Waals surface area contributed by atoms with Crippen molar-refractivity contribution in [2.75, 3.05) is 18.3 Å². The van der Waals surface area contributed by atoms with Crippen molar-refractivity contribution >= 4 is 19.9 Å². The highest BCUT2D eigenvalue weighted by Crippen LogP contribution is 2.53. The van der Waals surface area contributed by atoms with Crippen LogP contribution in [0.15, 0.2) is 0 Å². The molecule has 14 heavy (non-hydrogen) atoms. The summed E-state index contributed by atoms with van der Waals surface area (Å²) in [6, 6.07) is 0. The van der Waals surface area contributed by atoms with Crippen LogP contribution in [0.2, 0.25) is 0 Å². The lowest BCUT2D eigenvalue weighted by molar-refractivity contribution is 0.626. The van der Waals surface area contributed by atoms with E-state index in [1.54, 1.807) is 0 Å². The molecule has 84 valence electrons. The Labute approximate surface area is 94.4 Å². The van der Waals surface area contributed by atoms with Gasteiger partial charge in [0.2, 0.25) is 0 Å². The van der Waals surface area contributed by atoms with Crippen molar-refractivity contribution < 1.29 is 0 Å². The molecule has 0 unspecified atom stereocenters. The van der Waals surface area contributed by atoms with E-state index in [0.29, 0.717) is 0 Å². The summed E-state index contributed by atoms with van der Waals surface area (Å²) in [6.07, 6.45) is 12.6. The van der Waals surface area contributed by atoms with Crippen LogP contribution in [0.5, 0.6) is 0 Å². The molecule has 0 radical (unpaired) electrons. The first-order valence-electron chi connectivity index (χ1n) is 5.41. The summed E-state index contributed by atoms with van der Waals surface area (Å²) in [5, 5.41) is 10.8. The molecular formula is C11H23NS2. The number of hydrogen-bond acceptors (Lipinski definition) is 2. The largest absolute Gasteiger partial charge is 0.185 e. The molecule has 0 saturated carbocycles. The van der Waals surface area contributed by atoms with Gasteiger partial charge >= 0.3 is 0 Å². The van der Waals surface area contributed by atoms with Crippen LogP contribution >= 0.6 is 19.9 Å². The lowest BCUT2D eigenvalue weighted by Crippen LogP contribution is -1.95. The first-order chi connectivity index (χ1) is 6.62. The Kier molecular flexibility index (Phi) is 8.61. The molecule has 0 aromatic heterocycles. The van der Waals surface area contributed by atoms with Crippen molar-refractivity contribution in [2.45, 2.75) is 45.4 Å². The SMILES string of the molecule is CCCCCCCCS(C)(C)SC#N. The number of hydrogen-bond donors (Lipinski definition) is 0. The van der Waals surface area contributed by atoms with Crippen molar-refractivity contribution in [2.24, 2.45) is 0 Å². The maximum atomic E-state index is 8.61. The highest BCUT2D eigenvalue weighted by molar-refractivity contribution is 8.95. The van der Waals surface area contributed by atoms with Gasteiger partial charge in [-0.2, -0.15) is 14.3 Å². The van der Waals surface area contributed by atoms with Gasteiger partial charge in [0.1, 0.15) is 5.40 Å². The van der Waals surface area contributed by atoms with E-state index >= 15 is 0 Å². The third-order valence-electron chi connectivity index (χ3n) is 2.25. The quantitative estimate of drug-likeness (QED) is 0.349. The molecule has 0 atom stereocenters. The van der Waals surface area contributed by atoms with Gasteiger partial charge in [-0.3, -0.25) is 0 Å². The zero-order valence-corrected chi connectivity index (χ0v) is 11.3. The summed E-state index contributed by atoms with van der Waals surface area (Å²) in [6.45, 7) is 2.25. The fourth-order valence-corrected chi connectivity index (χ4v) is 3.77. The molecule has 0 aliphatic rings. The van der Waals surface area contributed by atoms with E-state index in [1.165, 1.54) is 55.1 Å². The molecule has 0 aliphatic heterocycles. The molecule has 0 aliphatic carbocycles. The molecule has 0 N–H and O–H groups in total. The third-order valence-corrected chi connectivity index (χ3v) is 6.13. The monoisotopic (exact) mass is 233 g/mol. The third kappa shape index (κ3) is 8.77. The first-order valence-corrected chi connectivity index (χ1v) is 9.36. The van der Waals surface area contributed by atoms with Crippen LogP contribution in [0.25, 0.3) is 0 Å². The van der Waals surface area contributed by atoms with Crippen LogP contribution < -0.4 is 0 Å². The van der Waals surface area contributed by atoms with Crippen LogP contribution in [0.3, 0.4) is 0 Å². The Morgan fingerprint density at radius 2 is 1.64 bits per heavy atom. The van der Waals surface area contributed by atoms with Crippen LogP contribution in [-0.2, 0) is 0 Å². The number of rotatable bonds is 8. The predicted molar refractivity (Wildman–Crippen MR) is 70.9 cm³/mol. The molecule has 0 heterocycles. The maximum Gasteiger partial charge on any atom is 0.143 e. The maximum absolute atomic E-state index is 8.61. The molecule has 0 bridgehead atoms. The Hall–Kier alpha value is 0.190. The lowest BCUT2D eigenvalue weighted by atomic mass is 10.1. The first kappa shape index (κ1) is 14.2. The summed E-state index contributed by atoms with van der Waals surface area (Å²) in [4.78, 5) is 0. The molecule has 0 amide bonds. The van der Waals surface area contributed by atoms with E-state index in [2.05, 4.69) is 24.8 Å².